The Bertz CT molecular complexity index is 1590. The lowest BCUT2D eigenvalue weighted by molar-refractivity contribution is -0.537. The van der Waals surface area contributed by atoms with Crippen LogP contribution in [-0.4, -0.2) is 188 Å². The van der Waals surface area contributed by atoms with Gasteiger partial charge in [0.05, 0.1) is 49.8 Å². The summed E-state index contributed by atoms with van der Waals surface area (Å²) in [5, 5.41) is 46.4. The van der Waals surface area contributed by atoms with Gasteiger partial charge in [-0.15, -0.1) is 23.5 Å². The molecule has 0 spiro atoms. The van der Waals surface area contributed by atoms with Gasteiger partial charge < -0.3 is 30.5 Å². The molecule has 5 saturated heterocycles. The number of piperidine rings is 1. The van der Waals surface area contributed by atoms with E-state index >= 15 is 0 Å². The maximum Gasteiger partial charge on any atom is 0.259 e. The highest BCUT2D eigenvalue weighted by molar-refractivity contribution is 8.04. The molecule has 0 bridgehead atoms. The van der Waals surface area contributed by atoms with Crippen LogP contribution in [0.2, 0.25) is 0 Å². The van der Waals surface area contributed by atoms with E-state index in [9.17, 15) is 19.7 Å². The minimum atomic E-state index is -1.06. The third-order valence-electron chi connectivity index (χ3n) is 12.6. The van der Waals surface area contributed by atoms with Gasteiger partial charge in [-0.3, -0.25) is 66.4 Å². The topological polar surface area (TPSA) is 220 Å². The molecule has 2 amide bonds. The van der Waals surface area contributed by atoms with Crippen LogP contribution in [0.25, 0.3) is 0 Å². The fourth-order valence-electron chi connectivity index (χ4n) is 9.52. The van der Waals surface area contributed by atoms with Crippen molar-refractivity contribution in [2.45, 2.75) is 93.7 Å². The number of carbonyl (C=O) groups excluding carboxylic acids is 2. The number of amides is 2. The van der Waals surface area contributed by atoms with Crippen molar-refractivity contribution in [3.63, 3.8) is 0 Å². The molecule has 0 radical (unpaired) electrons. The van der Waals surface area contributed by atoms with Crippen LogP contribution < -0.4 is 53.2 Å². The maximum atomic E-state index is 13.7. The molecule has 0 aromatic rings. The first-order valence-electron chi connectivity index (χ1n) is 21.0. The van der Waals surface area contributed by atoms with Gasteiger partial charge in [-0.2, -0.15) is 0 Å². The molecule has 8 aliphatic heterocycles. The zero-order valence-electron chi connectivity index (χ0n) is 33.5. The molecule has 10 N–H and O–H groups in total. The van der Waals surface area contributed by atoms with Crippen LogP contribution in [0.15, 0.2) is 22.2 Å². The van der Waals surface area contributed by atoms with Gasteiger partial charge in [-0.1, -0.05) is 6.92 Å². The first-order chi connectivity index (χ1) is 28.2. The third-order valence-corrected chi connectivity index (χ3v) is 14.8. The van der Waals surface area contributed by atoms with E-state index < -0.39 is 18.0 Å². The van der Waals surface area contributed by atoms with Gasteiger partial charge in [0.15, 0.2) is 18.2 Å². The van der Waals surface area contributed by atoms with Gasteiger partial charge in [0, 0.05) is 98.6 Å². The van der Waals surface area contributed by atoms with Crippen molar-refractivity contribution < 1.29 is 23.8 Å². The number of nitro groups is 1. The summed E-state index contributed by atoms with van der Waals surface area (Å²) in [5.74, 6) is 1.44. The summed E-state index contributed by atoms with van der Waals surface area (Å²) < 4.78 is 7.93. The van der Waals surface area contributed by atoms with Crippen molar-refractivity contribution >= 4 is 41.7 Å². The van der Waals surface area contributed by atoms with Gasteiger partial charge >= 0.3 is 0 Å². The lowest BCUT2D eigenvalue weighted by Gasteiger charge is -2.52. The molecule has 58 heavy (non-hydrogen) atoms. The third kappa shape index (κ3) is 9.41. The number of rotatable bonds is 14. The summed E-state index contributed by atoms with van der Waals surface area (Å²) in [5.41, 5.74) is 0. The standard InChI is InChI=1S/C36H61N15O5S2/c1-22(14-37-15-23-4-3-11-56-23)25-16-49(10-13-57-25)36-29-31(41-18-40-29)45-21-50(36)27-6-5-24(51(54)55)28(46-27)35(53)39-8-7-38-34(52)26-17-48(9-12-58-26)33-30-32(42-19-43-33)47(2)20-44-30/h16-17,20,22-24,27-33,36-37,40-43,45-46H,3-15,18-19,21H2,1-2H3,(H2,38,39,52,53)/p+1/t22-,23-,24?,27?,28?,29?,30?,31?,32?,33?,36?/m1/s1. The summed E-state index contributed by atoms with van der Waals surface area (Å²) in [6.45, 7) is 8.80. The molecule has 0 aliphatic carbocycles. The highest BCUT2D eigenvalue weighted by Gasteiger charge is 2.50. The average molecular weight is 849 g/mol. The smallest absolute Gasteiger partial charge is 0.259 e. The SMILES string of the molecule is C[C@H](CNC[C@H]1CCCO1)C1=CN(C2C3NCNC3NCN2C2CCC([N+](=O)[O-])C(C(=O)NCCNC(=O)C3=CN(C4NCNC5C4NC=[N+]5C)CCS3)N2)CCS1. The molecule has 5 fully saturated rings. The minimum absolute atomic E-state index is 0.0197. The predicted octanol–water partition coefficient (Wildman–Crippen LogP) is -3.39. The molecule has 20 nitrogen and oxygen atoms in total. The number of ether oxygens (including phenoxy) is 1. The van der Waals surface area contributed by atoms with E-state index in [0.717, 1.165) is 57.1 Å². The molecule has 322 valence electrons. The van der Waals surface area contributed by atoms with Crippen LogP contribution >= 0.6 is 23.5 Å². The second-order valence-electron chi connectivity index (χ2n) is 16.4. The Hall–Kier alpha value is -2.77. The number of likely N-dealkylation sites (N-methyl/N-ethyl adjacent to an activating group) is 1. The van der Waals surface area contributed by atoms with Crippen molar-refractivity contribution in [1.29, 1.82) is 0 Å². The number of hydrogen-bond donors (Lipinski definition) is 10. The minimum Gasteiger partial charge on any atom is -0.377 e. The van der Waals surface area contributed by atoms with E-state index in [-0.39, 0.29) is 73.3 Å². The Morgan fingerprint density at radius 2 is 1.84 bits per heavy atom. The van der Waals surface area contributed by atoms with Crippen molar-refractivity contribution in [2.75, 3.05) is 84.4 Å². The second-order valence-corrected chi connectivity index (χ2v) is 18.7. The Morgan fingerprint density at radius 1 is 1.02 bits per heavy atom. The van der Waals surface area contributed by atoms with Crippen LogP contribution in [-0.2, 0) is 14.3 Å². The Kier molecular flexibility index (Phi) is 14.0. The van der Waals surface area contributed by atoms with Crippen molar-refractivity contribution in [3.8, 4) is 0 Å². The molecule has 11 atom stereocenters. The highest BCUT2D eigenvalue weighted by atomic mass is 32.2. The summed E-state index contributed by atoms with van der Waals surface area (Å²) in [7, 11) is 2.03. The number of nitrogens with one attached hydrogen (secondary N) is 10. The Morgan fingerprint density at radius 3 is 2.69 bits per heavy atom. The molecule has 9 unspecified atom stereocenters. The lowest BCUT2D eigenvalue weighted by Crippen LogP contribution is -2.75. The van der Waals surface area contributed by atoms with E-state index in [1.807, 2.05) is 31.3 Å². The van der Waals surface area contributed by atoms with E-state index in [4.69, 9.17) is 4.74 Å². The fraction of sp³-hybridized carbons (Fsp3) is 0.806. The number of carbonyl (C=O) groups is 2. The van der Waals surface area contributed by atoms with Crippen LogP contribution in [0.5, 0.6) is 0 Å². The summed E-state index contributed by atoms with van der Waals surface area (Å²) >= 11 is 3.43. The van der Waals surface area contributed by atoms with E-state index in [1.165, 1.54) is 16.7 Å². The predicted molar refractivity (Wildman–Crippen MR) is 222 cm³/mol. The van der Waals surface area contributed by atoms with Crippen LogP contribution in [0.1, 0.15) is 32.6 Å². The normalized spacial score (nSPS) is 35.9. The van der Waals surface area contributed by atoms with E-state index in [1.54, 1.807) is 0 Å². The molecule has 8 aliphatic rings. The average Bonchev–Trinajstić information content (AvgIpc) is 4.04. The zero-order valence-corrected chi connectivity index (χ0v) is 35.1. The zero-order chi connectivity index (χ0) is 40.2. The quantitative estimate of drug-likeness (QED) is 0.0357. The summed E-state index contributed by atoms with van der Waals surface area (Å²) in [4.78, 5) is 47.9. The van der Waals surface area contributed by atoms with E-state index in [0.29, 0.717) is 43.4 Å². The second kappa shape index (κ2) is 19.3. The van der Waals surface area contributed by atoms with E-state index in [2.05, 4.69) is 85.6 Å². The Labute approximate surface area is 348 Å². The first-order valence-corrected chi connectivity index (χ1v) is 22.9. The number of hydrogen-bond acceptors (Lipinski definition) is 18. The molecular formula is C36H62N15O5S2+. The monoisotopic (exact) mass is 848 g/mol. The van der Waals surface area contributed by atoms with Gasteiger partial charge in [-0.25, -0.2) is 0 Å². The van der Waals surface area contributed by atoms with Gasteiger partial charge in [0.2, 0.25) is 18.3 Å². The van der Waals surface area contributed by atoms with Gasteiger partial charge in [0.1, 0.15) is 12.3 Å². The van der Waals surface area contributed by atoms with Crippen molar-refractivity contribution in [2.24, 2.45) is 5.92 Å². The Balaban J connectivity index is 0.869. The summed E-state index contributed by atoms with van der Waals surface area (Å²) in [6.07, 6.45) is 9.50. The molecule has 8 heterocycles. The van der Waals surface area contributed by atoms with Crippen molar-refractivity contribution in [1.82, 2.24) is 67.9 Å². The molecule has 0 aromatic heterocycles. The molecule has 0 aromatic carbocycles. The van der Waals surface area contributed by atoms with Gasteiger partial charge in [-0.05, 0) is 19.3 Å². The number of nitrogens with zero attached hydrogens (tertiary/aromatic N) is 5. The number of thioether (sulfide) groups is 2. The number of fused-ring (bicyclic) bond motifs is 2. The lowest BCUT2D eigenvalue weighted by atomic mass is 9.94. The van der Waals surface area contributed by atoms with Crippen LogP contribution in [0.3, 0.4) is 0 Å². The fourth-order valence-corrected chi connectivity index (χ4v) is 11.6. The van der Waals surface area contributed by atoms with Crippen LogP contribution in [0, 0.1) is 16.0 Å². The van der Waals surface area contributed by atoms with Crippen molar-refractivity contribution in [3.05, 3.63) is 32.3 Å². The molecule has 8 rings (SSSR count). The maximum absolute atomic E-state index is 13.7. The summed E-state index contributed by atoms with van der Waals surface area (Å²) in [6, 6.07) is -1.91. The van der Waals surface area contributed by atoms with Gasteiger partial charge in [0.25, 0.3) is 5.91 Å². The first kappa shape index (κ1) is 41.9. The largest absolute Gasteiger partial charge is 0.377 e. The molecular weight excluding hydrogens is 787 g/mol. The van der Waals surface area contributed by atoms with Crippen LogP contribution in [0.4, 0.5) is 0 Å². The molecule has 0 saturated carbocycles. The highest BCUT2D eigenvalue weighted by Crippen LogP contribution is 2.33. The molecule has 22 heteroatoms.